The second kappa shape index (κ2) is 7.67. The lowest BCUT2D eigenvalue weighted by atomic mass is 9.79. The number of oxazole rings is 1. The highest BCUT2D eigenvalue weighted by atomic mass is 35.5. The summed E-state index contributed by atoms with van der Waals surface area (Å²) in [5.74, 6) is -2.10. The Kier molecular flexibility index (Phi) is 4.93. The van der Waals surface area contributed by atoms with Crippen molar-refractivity contribution in [3.8, 4) is 28.6 Å². The zero-order valence-corrected chi connectivity index (χ0v) is 17.8. The molecule has 0 radical (unpaired) electrons. The van der Waals surface area contributed by atoms with Crippen molar-refractivity contribution in [1.29, 1.82) is 0 Å². The van der Waals surface area contributed by atoms with E-state index in [-0.39, 0.29) is 18.7 Å². The van der Waals surface area contributed by atoms with E-state index in [1.807, 2.05) is 31.2 Å². The summed E-state index contributed by atoms with van der Waals surface area (Å²) in [4.78, 5) is 21.5. The Labute approximate surface area is 187 Å². The number of hydrogen-bond donors (Lipinski definition) is 0. The van der Waals surface area contributed by atoms with Crippen LogP contribution >= 0.6 is 11.6 Å². The predicted molar refractivity (Wildman–Crippen MR) is 117 cm³/mol. The molecule has 2 aromatic carbocycles. The second-order valence-electron chi connectivity index (χ2n) is 8.01. The van der Waals surface area contributed by atoms with Gasteiger partial charge in [0.25, 0.3) is 0 Å². The molecule has 0 aliphatic heterocycles. The molecule has 0 amide bonds. The summed E-state index contributed by atoms with van der Waals surface area (Å²) in [7, 11) is 0. The zero-order valence-electron chi connectivity index (χ0n) is 17.1. The van der Waals surface area contributed by atoms with Crippen molar-refractivity contribution in [2.24, 2.45) is 0 Å². The smallest absolute Gasteiger partial charge is 0.353 e. The van der Waals surface area contributed by atoms with E-state index in [2.05, 4.69) is 9.97 Å². The highest BCUT2D eigenvalue weighted by molar-refractivity contribution is 6.30. The average Bonchev–Trinajstić information content (AvgIpc) is 3.17. The maximum atomic E-state index is 13.2. The Hall–Kier alpha value is -3.32. The third-order valence-electron chi connectivity index (χ3n) is 5.54. The van der Waals surface area contributed by atoms with Crippen LogP contribution in [0, 0.1) is 6.92 Å². The van der Waals surface area contributed by atoms with E-state index in [9.17, 15) is 13.6 Å². The van der Waals surface area contributed by atoms with Gasteiger partial charge in [0.05, 0.1) is 5.69 Å². The van der Waals surface area contributed by atoms with Crippen molar-refractivity contribution in [1.82, 2.24) is 14.5 Å². The minimum atomic E-state index is -2.68. The largest absolute Gasteiger partial charge is 0.434 e. The summed E-state index contributed by atoms with van der Waals surface area (Å²) in [5.41, 5.74) is 2.26. The molecule has 5 nitrogen and oxygen atoms in total. The maximum absolute atomic E-state index is 13.2. The van der Waals surface area contributed by atoms with Gasteiger partial charge in [-0.25, -0.2) is 18.1 Å². The van der Waals surface area contributed by atoms with Crippen LogP contribution in [0.2, 0.25) is 5.02 Å². The molecule has 0 saturated heterocycles. The van der Waals surface area contributed by atoms with E-state index in [1.165, 1.54) is 10.8 Å². The molecule has 0 unspecified atom stereocenters. The Morgan fingerprint density at radius 2 is 1.81 bits per heavy atom. The molecule has 2 heterocycles. The maximum Gasteiger partial charge on any atom is 0.353 e. The van der Waals surface area contributed by atoms with Gasteiger partial charge in [-0.05, 0) is 49.4 Å². The summed E-state index contributed by atoms with van der Waals surface area (Å²) < 4.78 is 33.8. The summed E-state index contributed by atoms with van der Waals surface area (Å²) in [6.45, 7) is 1.96. The fourth-order valence-corrected chi connectivity index (χ4v) is 3.97. The van der Waals surface area contributed by atoms with E-state index >= 15 is 0 Å². The Balaban J connectivity index is 1.61. The minimum Gasteiger partial charge on any atom is -0.434 e. The first-order valence-corrected chi connectivity index (χ1v) is 10.5. The number of alkyl halides is 2. The van der Waals surface area contributed by atoms with Crippen molar-refractivity contribution in [3.63, 3.8) is 0 Å². The number of hydrogen-bond acceptors (Lipinski definition) is 4. The van der Waals surface area contributed by atoms with Crippen LogP contribution in [0.5, 0.6) is 0 Å². The van der Waals surface area contributed by atoms with E-state index in [1.54, 1.807) is 30.3 Å². The number of rotatable bonds is 4. The molecule has 1 fully saturated rings. The molecule has 4 aromatic rings. The quantitative estimate of drug-likeness (QED) is 0.378. The van der Waals surface area contributed by atoms with Gasteiger partial charge in [-0.3, -0.25) is 0 Å². The van der Waals surface area contributed by atoms with Gasteiger partial charge in [0.1, 0.15) is 0 Å². The summed E-state index contributed by atoms with van der Waals surface area (Å²) in [6, 6.07) is 16.2. The van der Waals surface area contributed by atoms with Crippen LogP contribution in [-0.4, -0.2) is 20.5 Å². The van der Waals surface area contributed by atoms with Gasteiger partial charge in [-0.15, -0.1) is 0 Å². The first kappa shape index (κ1) is 20.6. The topological polar surface area (TPSA) is 60.9 Å². The van der Waals surface area contributed by atoms with Crippen LogP contribution in [0.4, 0.5) is 8.78 Å². The van der Waals surface area contributed by atoms with Crippen molar-refractivity contribution in [3.05, 3.63) is 87.6 Å². The van der Waals surface area contributed by atoms with E-state index in [4.69, 9.17) is 16.0 Å². The minimum absolute atomic E-state index is 0.270. The van der Waals surface area contributed by atoms with E-state index in [0.717, 1.165) is 11.1 Å². The average molecular weight is 454 g/mol. The Bertz CT molecular complexity index is 1350. The predicted octanol–water partition coefficient (Wildman–Crippen LogP) is 6.03. The lowest BCUT2D eigenvalue weighted by molar-refractivity contribution is -0.0876. The highest BCUT2D eigenvalue weighted by Crippen LogP contribution is 2.47. The molecule has 162 valence electrons. The van der Waals surface area contributed by atoms with Crippen molar-refractivity contribution < 1.29 is 13.2 Å². The fraction of sp³-hybridized carbons (Fsp3) is 0.208. The highest BCUT2D eigenvalue weighted by Gasteiger charge is 2.46. The lowest BCUT2D eigenvalue weighted by Crippen LogP contribution is -2.35. The summed E-state index contributed by atoms with van der Waals surface area (Å²) >= 11 is 6.02. The molecule has 0 atom stereocenters. The molecule has 0 bridgehead atoms. The molecular formula is C24H18ClF2N3O2. The van der Waals surface area contributed by atoms with Crippen LogP contribution in [0.1, 0.15) is 30.0 Å². The van der Waals surface area contributed by atoms with Gasteiger partial charge in [-0.1, -0.05) is 29.3 Å². The van der Waals surface area contributed by atoms with Crippen LogP contribution in [0.3, 0.4) is 0 Å². The van der Waals surface area contributed by atoms with Crippen LogP contribution < -0.4 is 5.69 Å². The normalized spacial score (nSPS) is 15.5. The molecule has 0 N–H and O–H groups in total. The Morgan fingerprint density at radius 3 is 2.47 bits per heavy atom. The Morgan fingerprint density at radius 1 is 1.06 bits per heavy atom. The monoisotopic (exact) mass is 453 g/mol. The SMILES string of the molecule is Cc1cccc(-c2nc(-n3ccc(C4CC(F)(F)C4)nc3=O)c(-c3ccc(Cl)cc3)o2)c1. The number of nitrogens with zero attached hydrogens (tertiary/aromatic N) is 3. The molecule has 1 aliphatic carbocycles. The first-order chi connectivity index (χ1) is 15.3. The van der Waals surface area contributed by atoms with Gasteiger partial charge in [0.2, 0.25) is 11.8 Å². The molecule has 5 rings (SSSR count). The molecule has 0 spiro atoms. The third-order valence-corrected chi connectivity index (χ3v) is 5.79. The van der Waals surface area contributed by atoms with E-state index < -0.39 is 17.5 Å². The molecule has 2 aromatic heterocycles. The lowest BCUT2D eigenvalue weighted by Gasteiger charge is -2.34. The second-order valence-corrected chi connectivity index (χ2v) is 8.45. The number of halogens is 3. The van der Waals surface area contributed by atoms with Gasteiger partial charge >= 0.3 is 5.69 Å². The summed E-state index contributed by atoms with van der Waals surface area (Å²) in [6.07, 6.45) is 0.931. The standard InChI is InChI=1S/C24H18ClF2N3O2/c1-14-3-2-4-16(11-14)22-29-21(20(32-22)15-5-7-18(25)8-6-15)30-10-9-19(28-23(30)31)17-12-24(26,27)13-17/h2-11,17H,12-13H2,1H3. The third kappa shape index (κ3) is 3.84. The summed E-state index contributed by atoms with van der Waals surface area (Å²) in [5, 5.41) is 0.564. The van der Waals surface area contributed by atoms with Gasteiger partial charge in [-0.2, -0.15) is 9.97 Å². The van der Waals surface area contributed by atoms with Gasteiger partial charge in [0, 0.05) is 41.1 Å². The van der Waals surface area contributed by atoms with Crippen molar-refractivity contribution in [2.75, 3.05) is 0 Å². The van der Waals surface area contributed by atoms with Crippen LogP contribution in [-0.2, 0) is 0 Å². The first-order valence-electron chi connectivity index (χ1n) is 10.1. The molecule has 32 heavy (non-hydrogen) atoms. The molecular weight excluding hydrogens is 436 g/mol. The van der Waals surface area contributed by atoms with E-state index in [0.29, 0.717) is 27.9 Å². The fourth-order valence-electron chi connectivity index (χ4n) is 3.84. The zero-order chi connectivity index (χ0) is 22.5. The van der Waals surface area contributed by atoms with Crippen LogP contribution in [0.15, 0.2) is 70.0 Å². The molecule has 1 saturated carbocycles. The van der Waals surface area contributed by atoms with Crippen LogP contribution in [0.25, 0.3) is 28.6 Å². The van der Waals surface area contributed by atoms with Crippen molar-refractivity contribution in [2.45, 2.75) is 31.6 Å². The number of aryl methyl sites for hydroxylation is 1. The number of benzene rings is 2. The van der Waals surface area contributed by atoms with Gasteiger partial charge < -0.3 is 4.42 Å². The molecule has 8 heteroatoms. The number of aromatic nitrogens is 3. The van der Waals surface area contributed by atoms with Crippen molar-refractivity contribution >= 4 is 11.6 Å². The molecule has 1 aliphatic rings. The van der Waals surface area contributed by atoms with Gasteiger partial charge in [0.15, 0.2) is 11.6 Å².